The van der Waals surface area contributed by atoms with Gasteiger partial charge in [-0.1, -0.05) is 41.9 Å². The van der Waals surface area contributed by atoms with E-state index in [0.717, 1.165) is 22.4 Å². The second kappa shape index (κ2) is 7.93. The van der Waals surface area contributed by atoms with E-state index in [1.165, 1.54) is 6.20 Å². The van der Waals surface area contributed by atoms with Crippen molar-refractivity contribution in [3.63, 3.8) is 0 Å². The van der Waals surface area contributed by atoms with Gasteiger partial charge < -0.3 is 9.64 Å². The van der Waals surface area contributed by atoms with Gasteiger partial charge in [-0.05, 0) is 24.6 Å². The summed E-state index contributed by atoms with van der Waals surface area (Å²) in [5.74, 6) is -1.64. The standard InChI is InChI=1S/C21H18ClF2N3O2/c1-13-11-26(12-19(29-13)14-5-3-2-4-6-14)18-10-25-27(21(28)20(18)22)17-8-7-15(23)9-16(17)24/h2-10,13,19H,11-12H2,1H3. The number of morpholine rings is 1. The van der Waals surface area contributed by atoms with Gasteiger partial charge in [-0.3, -0.25) is 4.79 Å². The molecule has 1 saturated heterocycles. The molecule has 2 aromatic carbocycles. The molecule has 1 aliphatic rings. The maximum atomic E-state index is 14.1. The summed E-state index contributed by atoms with van der Waals surface area (Å²) in [4.78, 5) is 14.7. The van der Waals surface area contributed by atoms with Crippen LogP contribution in [0.5, 0.6) is 0 Å². The number of rotatable bonds is 3. The lowest BCUT2D eigenvalue weighted by Gasteiger charge is -2.38. The fourth-order valence-corrected chi connectivity index (χ4v) is 3.72. The van der Waals surface area contributed by atoms with Gasteiger partial charge in [0.1, 0.15) is 22.6 Å². The first kappa shape index (κ1) is 19.5. The first-order valence-corrected chi connectivity index (χ1v) is 9.50. The van der Waals surface area contributed by atoms with Crippen LogP contribution in [0, 0.1) is 11.6 Å². The van der Waals surface area contributed by atoms with Crippen LogP contribution in [0.1, 0.15) is 18.6 Å². The normalized spacial score (nSPS) is 19.4. The van der Waals surface area contributed by atoms with Gasteiger partial charge in [-0.2, -0.15) is 9.78 Å². The predicted octanol–water partition coefficient (Wildman–Crippen LogP) is 4.13. The minimum absolute atomic E-state index is 0.0790. The fraction of sp³-hybridized carbons (Fsp3) is 0.238. The van der Waals surface area contributed by atoms with Gasteiger partial charge in [0.2, 0.25) is 0 Å². The quantitative estimate of drug-likeness (QED) is 0.643. The van der Waals surface area contributed by atoms with Gasteiger partial charge in [0.25, 0.3) is 5.56 Å². The predicted molar refractivity (Wildman–Crippen MR) is 107 cm³/mol. The molecular formula is C21H18ClF2N3O2. The van der Waals surface area contributed by atoms with Crippen LogP contribution >= 0.6 is 11.6 Å². The molecule has 4 rings (SSSR count). The first-order valence-electron chi connectivity index (χ1n) is 9.12. The van der Waals surface area contributed by atoms with Crippen LogP contribution in [0.4, 0.5) is 14.5 Å². The number of hydrogen-bond donors (Lipinski definition) is 0. The Morgan fingerprint density at radius 3 is 2.59 bits per heavy atom. The average Bonchev–Trinajstić information content (AvgIpc) is 2.71. The third kappa shape index (κ3) is 3.88. The van der Waals surface area contributed by atoms with Crippen molar-refractivity contribution in [1.29, 1.82) is 0 Å². The van der Waals surface area contributed by atoms with Crippen LogP contribution in [0.15, 0.2) is 59.5 Å². The van der Waals surface area contributed by atoms with Gasteiger partial charge in [-0.15, -0.1) is 0 Å². The summed E-state index contributed by atoms with van der Waals surface area (Å²) in [6, 6.07) is 12.7. The largest absolute Gasteiger partial charge is 0.367 e. The highest BCUT2D eigenvalue weighted by Gasteiger charge is 2.29. The maximum absolute atomic E-state index is 14.1. The van der Waals surface area contributed by atoms with E-state index >= 15 is 0 Å². The van der Waals surface area contributed by atoms with Crippen LogP contribution < -0.4 is 10.5 Å². The molecule has 8 heteroatoms. The lowest BCUT2D eigenvalue weighted by molar-refractivity contribution is -0.0174. The summed E-state index contributed by atoms with van der Waals surface area (Å²) in [6.07, 6.45) is 1.14. The highest BCUT2D eigenvalue weighted by molar-refractivity contribution is 6.33. The Labute approximate surface area is 171 Å². The van der Waals surface area contributed by atoms with Crippen molar-refractivity contribution in [3.8, 4) is 5.69 Å². The molecule has 0 radical (unpaired) electrons. The average molecular weight is 418 g/mol. The molecule has 2 heterocycles. The summed E-state index contributed by atoms with van der Waals surface area (Å²) in [7, 11) is 0. The zero-order valence-electron chi connectivity index (χ0n) is 15.6. The van der Waals surface area contributed by atoms with Crippen molar-refractivity contribution in [3.05, 3.63) is 87.3 Å². The molecule has 1 fully saturated rings. The Morgan fingerprint density at radius 2 is 1.86 bits per heavy atom. The van der Waals surface area contributed by atoms with Gasteiger partial charge in [0.15, 0.2) is 5.82 Å². The molecule has 150 valence electrons. The van der Waals surface area contributed by atoms with E-state index < -0.39 is 17.2 Å². The smallest absolute Gasteiger partial charge is 0.292 e. The lowest BCUT2D eigenvalue weighted by Crippen LogP contribution is -2.43. The number of ether oxygens (including phenoxy) is 1. The highest BCUT2D eigenvalue weighted by Crippen LogP contribution is 2.31. The molecule has 0 N–H and O–H groups in total. The van der Waals surface area contributed by atoms with E-state index in [9.17, 15) is 13.6 Å². The second-order valence-electron chi connectivity index (χ2n) is 6.91. The summed E-state index contributed by atoms with van der Waals surface area (Å²) in [5.41, 5.74) is 0.633. The maximum Gasteiger partial charge on any atom is 0.292 e. The number of anilines is 1. The molecule has 0 spiro atoms. The lowest BCUT2D eigenvalue weighted by atomic mass is 10.1. The van der Waals surface area contributed by atoms with Gasteiger partial charge in [0.05, 0.1) is 18.0 Å². The Kier molecular flexibility index (Phi) is 5.34. The number of aromatic nitrogens is 2. The molecule has 5 nitrogen and oxygen atoms in total. The van der Waals surface area contributed by atoms with Gasteiger partial charge in [-0.25, -0.2) is 8.78 Å². The summed E-state index contributed by atoms with van der Waals surface area (Å²) in [6.45, 7) is 2.96. The third-order valence-corrected chi connectivity index (χ3v) is 5.17. The van der Waals surface area contributed by atoms with Crippen molar-refractivity contribution in [1.82, 2.24) is 9.78 Å². The molecule has 29 heavy (non-hydrogen) atoms. The van der Waals surface area contributed by atoms with E-state index in [0.29, 0.717) is 24.8 Å². The molecule has 0 saturated carbocycles. The Morgan fingerprint density at radius 1 is 1.10 bits per heavy atom. The molecule has 2 unspecified atom stereocenters. The molecule has 3 aromatic rings. The van der Waals surface area contributed by atoms with Gasteiger partial charge >= 0.3 is 0 Å². The second-order valence-corrected chi connectivity index (χ2v) is 7.29. The molecule has 0 bridgehead atoms. The van der Waals surface area contributed by atoms with Crippen LogP contribution in [0.3, 0.4) is 0 Å². The highest BCUT2D eigenvalue weighted by atomic mass is 35.5. The van der Waals surface area contributed by atoms with Crippen molar-refractivity contribution in [2.24, 2.45) is 0 Å². The summed E-state index contributed by atoms with van der Waals surface area (Å²) >= 11 is 6.35. The minimum atomic E-state index is -0.896. The van der Waals surface area contributed by atoms with E-state index in [2.05, 4.69) is 5.10 Å². The Bertz CT molecular complexity index is 1090. The molecule has 1 aromatic heterocycles. The van der Waals surface area contributed by atoms with Gasteiger partial charge in [0, 0.05) is 19.2 Å². The number of halogens is 3. The SMILES string of the molecule is CC1CN(c2cnn(-c3ccc(F)cc3F)c(=O)c2Cl)CC(c2ccccc2)O1. The Hall–Kier alpha value is -2.77. The number of benzene rings is 2. The van der Waals surface area contributed by atoms with Crippen molar-refractivity contribution >= 4 is 17.3 Å². The topological polar surface area (TPSA) is 47.4 Å². The zero-order valence-corrected chi connectivity index (χ0v) is 16.3. The van der Waals surface area contributed by atoms with Crippen molar-refractivity contribution in [2.45, 2.75) is 19.1 Å². The zero-order chi connectivity index (χ0) is 20.5. The van der Waals surface area contributed by atoms with Crippen molar-refractivity contribution in [2.75, 3.05) is 18.0 Å². The van der Waals surface area contributed by atoms with E-state index in [-0.39, 0.29) is 22.9 Å². The molecule has 0 amide bonds. The number of nitrogens with zero attached hydrogens (tertiary/aromatic N) is 3. The third-order valence-electron chi connectivity index (χ3n) is 4.81. The van der Waals surface area contributed by atoms with E-state index in [1.807, 2.05) is 42.2 Å². The van der Waals surface area contributed by atoms with E-state index in [4.69, 9.17) is 16.3 Å². The van der Waals surface area contributed by atoms with Crippen LogP contribution in [-0.4, -0.2) is 29.0 Å². The first-order chi connectivity index (χ1) is 13.9. The monoisotopic (exact) mass is 417 g/mol. The van der Waals surface area contributed by atoms with Crippen LogP contribution in [0.25, 0.3) is 5.69 Å². The molecule has 2 atom stereocenters. The molecular weight excluding hydrogens is 400 g/mol. The van der Waals surface area contributed by atoms with E-state index in [1.54, 1.807) is 0 Å². The van der Waals surface area contributed by atoms with Crippen molar-refractivity contribution < 1.29 is 13.5 Å². The molecule has 1 aliphatic heterocycles. The molecule has 0 aliphatic carbocycles. The van der Waals surface area contributed by atoms with Crippen LogP contribution in [0.2, 0.25) is 5.02 Å². The summed E-state index contributed by atoms with van der Waals surface area (Å²) < 4.78 is 34.1. The number of hydrogen-bond acceptors (Lipinski definition) is 4. The Balaban J connectivity index is 1.68. The fourth-order valence-electron chi connectivity index (χ4n) is 3.47. The summed E-state index contributed by atoms with van der Waals surface area (Å²) in [5, 5.41) is 3.99. The minimum Gasteiger partial charge on any atom is -0.367 e. The van der Waals surface area contributed by atoms with Crippen LogP contribution in [-0.2, 0) is 4.74 Å².